The van der Waals surface area contributed by atoms with E-state index in [9.17, 15) is 4.79 Å². The Bertz CT molecular complexity index is 843. The van der Waals surface area contributed by atoms with Gasteiger partial charge in [-0.1, -0.05) is 11.6 Å². The average Bonchev–Trinajstić information content (AvgIpc) is 2.58. The molecule has 1 saturated heterocycles. The molecule has 0 unspecified atom stereocenters. The summed E-state index contributed by atoms with van der Waals surface area (Å²) in [4.78, 5) is 19.8. The molecule has 5 nitrogen and oxygen atoms in total. The van der Waals surface area contributed by atoms with Crippen LogP contribution in [-0.2, 0) is 4.74 Å². The van der Waals surface area contributed by atoms with Crippen molar-refractivity contribution in [1.82, 2.24) is 15.2 Å². The van der Waals surface area contributed by atoms with Crippen LogP contribution in [0.15, 0.2) is 24.3 Å². The summed E-state index contributed by atoms with van der Waals surface area (Å²) in [6.07, 6.45) is 0.390. The molecule has 1 aromatic carbocycles. The number of nitrogens with zero attached hydrogens (tertiary/aromatic N) is 2. The molecule has 1 amide bonds. The molecule has 3 rings (SSSR count). The Morgan fingerprint density at radius 3 is 2.63 bits per heavy atom. The number of carbonyl (C=O) groups is 1. The normalized spacial score (nSPS) is 21.4. The zero-order valence-electron chi connectivity index (χ0n) is 16.7. The molecular formula is C21H28ClN3O2. The molecule has 0 radical (unpaired) electrons. The molecule has 0 saturated carbocycles. The lowest BCUT2D eigenvalue weighted by atomic mass is 9.99. The predicted octanol–water partition coefficient (Wildman–Crippen LogP) is 3.81. The largest absolute Gasteiger partial charge is 0.373 e. The number of amides is 1. The van der Waals surface area contributed by atoms with Crippen molar-refractivity contribution >= 4 is 28.4 Å². The Hall–Kier alpha value is -1.69. The van der Waals surface area contributed by atoms with E-state index < -0.39 is 0 Å². The SMILES string of the molecule is Cc1nc2ccc(Cl)cc2cc1C(=O)NCC(C)(C)N1C[C@@H](C)O[C@@H](C)C1. The van der Waals surface area contributed by atoms with Crippen LogP contribution in [0.2, 0.25) is 5.02 Å². The standard InChI is InChI=1S/C21H28ClN3O2/c1-13-10-25(11-14(2)27-13)21(4,5)12-23-20(26)18-9-16-8-17(22)6-7-19(16)24-15(18)3/h6-9,13-14H,10-12H2,1-5H3,(H,23,26)/t13-,14+. The maximum absolute atomic E-state index is 12.8. The monoisotopic (exact) mass is 389 g/mol. The summed E-state index contributed by atoms with van der Waals surface area (Å²) in [5.74, 6) is -0.107. The van der Waals surface area contributed by atoms with Gasteiger partial charge in [-0.2, -0.15) is 0 Å². The number of benzene rings is 1. The summed E-state index contributed by atoms with van der Waals surface area (Å²) in [6.45, 7) is 12.6. The highest BCUT2D eigenvalue weighted by Crippen LogP contribution is 2.22. The summed E-state index contributed by atoms with van der Waals surface area (Å²) in [5.41, 5.74) is 1.98. The second-order valence-electron chi connectivity index (χ2n) is 8.12. The van der Waals surface area contributed by atoms with E-state index in [1.807, 2.05) is 31.2 Å². The third-order valence-electron chi connectivity index (χ3n) is 5.17. The van der Waals surface area contributed by atoms with Crippen LogP contribution >= 0.6 is 11.6 Å². The minimum atomic E-state index is -0.163. The number of carbonyl (C=O) groups excluding carboxylic acids is 1. The first-order valence-electron chi connectivity index (χ1n) is 9.41. The van der Waals surface area contributed by atoms with Gasteiger partial charge in [0.25, 0.3) is 5.91 Å². The third kappa shape index (κ3) is 4.60. The van der Waals surface area contributed by atoms with Crippen molar-refractivity contribution in [3.63, 3.8) is 0 Å². The Kier molecular flexibility index (Phi) is 5.75. The number of hydrogen-bond donors (Lipinski definition) is 1. The van der Waals surface area contributed by atoms with Gasteiger partial charge in [-0.3, -0.25) is 14.7 Å². The van der Waals surface area contributed by atoms with E-state index in [1.54, 1.807) is 0 Å². The number of hydrogen-bond acceptors (Lipinski definition) is 4. The maximum Gasteiger partial charge on any atom is 0.253 e. The average molecular weight is 390 g/mol. The molecule has 146 valence electrons. The highest BCUT2D eigenvalue weighted by atomic mass is 35.5. The predicted molar refractivity (Wildman–Crippen MR) is 109 cm³/mol. The number of aryl methyl sites for hydroxylation is 1. The molecule has 27 heavy (non-hydrogen) atoms. The van der Waals surface area contributed by atoms with Crippen molar-refractivity contribution in [3.05, 3.63) is 40.5 Å². The Morgan fingerprint density at radius 1 is 1.30 bits per heavy atom. The molecule has 0 aliphatic carbocycles. The van der Waals surface area contributed by atoms with E-state index in [4.69, 9.17) is 16.3 Å². The maximum atomic E-state index is 12.8. The first-order valence-corrected chi connectivity index (χ1v) is 9.79. The van der Waals surface area contributed by atoms with Crippen LogP contribution in [0.3, 0.4) is 0 Å². The first kappa shape index (κ1) is 20.1. The van der Waals surface area contributed by atoms with Crippen LogP contribution in [0.4, 0.5) is 0 Å². The van der Waals surface area contributed by atoms with E-state index in [2.05, 4.69) is 42.9 Å². The van der Waals surface area contributed by atoms with Gasteiger partial charge in [-0.25, -0.2) is 0 Å². The van der Waals surface area contributed by atoms with Crippen LogP contribution in [-0.4, -0.2) is 53.2 Å². The molecule has 2 heterocycles. The molecule has 2 aromatic rings. The Morgan fingerprint density at radius 2 is 1.96 bits per heavy atom. The summed E-state index contributed by atoms with van der Waals surface area (Å²) in [6, 6.07) is 7.38. The van der Waals surface area contributed by atoms with Gasteiger partial charge in [0.15, 0.2) is 0 Å². The number of aromatic nitrogens is 1. The molecule has 6 heteroatoms. The Balaban J connectivity index is 1.73. The molecule has 1 aromatic heterocycles. The molecule has 1 fully saturated rings. The zero-order valence-corrected chi connectivity index (χ0v) is 17.4. The topological polar surface area (TPSA) is 54.5 Å². The number of pyridine rings is 1. The zero-order chi connectivity index (χ0) is 19.8. The molecule has 1 aliphatic rings. The van der Waals surface area contributed by atoms with E-state index in [0.29, 0.717) is 22.8 Å². The first-order chi connectivity index (χ1) is 12.7. The van der Waals surface area contributed by atoms with Gasteiger partial charge in [-0.15, -0.1) is 0 Å². The van der Waals surface area contributed by atoms with Crippen molar-refractivity contribution < 1.29 is 9.53 Å². The lowest BCUT2D eigenvalue weighted by Crippen LogP contribution is -2.58. The quantitative estimate of drug-likeness (QED) is 0.863. The van der Waals surface area contributed by atoms with Gasteiger partial charge >= 0.3 is 0 Å². The van der Waals surface area contributed by atoms with Gasteiger partial charge in [0.1, 0.15) is 0 Å². The summed E-state index contributed by atoms with van der Waals surface area (Å²) >= 11 is 6.08. The highest BCUT2D eigenvalue weighted by molar-refractivity contribution is 6.31. The number of nitrogens with one attached hydrogen (secondary N) is 1. The highest BCUT2D eigenvalue weighted by Gasteiger charge is 2.33. The lowest BCUT2D eigenvalue weighted by molar-refractivity contribution is -0.0948. The van der Waals surface area contributed by atoms with Crippen molar-refractivity contribution in [1.29, 1.82) is 0 Å². The van der Waals surface area contributed by atoms with Crippen LogP contribution in [0.25, 0.3) is 10.9 Å². The number of halogens is 1. The van der Waals surface area contributed by atoms with Crippen LogP contribution in [0, 0.1) is 6.92 Å². The van der Waals surface area contributed by atoms with Gasteiger partial charge < -0.3 is 10.1 Å². The van der Waals surface area contributed by atoms with E-state index in [-0.39, 0.29) is 23.7 Å². The molecular weight excluding hydrogens is 362 g/mol. The number of morpholine rings is 1. The van der Waals surface area contributed by atoms with Gasteiger partial charge in [0.2, 0.25) is 0 Å². The third-order valence-corrected chi connectivity index (χ3v) is 5.40. The minimum Gasteiger partial charge on any atom is -0.373 e. The van der Waals surface area contributed by atoms with Crippen molar-refractivity contribution in [2.75, 3.05) is 19.6 Å². The van der Waals surface area contributed by atoms with Gasteiger partial charge in [-0.05, 0) is 58.9 Å². The smallest absolute Gasteiger partial charge is 0.253 e. The summed E-state index contributed by atoms with van der Waals surface area (Å²) in [7, 11) is 0. The molecule has 1 aliphatic heterocycles. The van der Waals surface area contributed by atoms with Gasteiger partial charge in [0.05, 0.1) is 29.0 Å². The molecule has 0 spiro atoms. The molecule has 1 N–H and O–H groups in total. The van der Waals surface area contributed by atoms with E-state index in [0.717, 1.165) is 24.0 Å². The Labute approximate surface area is 166 Å². The van der Waals surface area contributed by atoms with Crippen LogP contribution in [0.5, 0.6) is 0 Å². The number of ether oxygens (including phenoxy) is 1. The number of rotatable bonds is 4. The molecule has 0 bridgehead atoms. The van der Waals surface area contributed by atoms with Gasteiger partial charge in [0, 0.05) is 35.6 Å². The fourth-order valence-corrected chi connectivity index (χ4v) is 3.83. The van der Waals surface area contributed by atoms with E-state index >= 15 is 0 Å². The fraction of sp³-hybridized carbons (Fsp3) is 0.524. The van der Waals surface area contributed by atoms with Crippen molar-refractivity contribution in [2.24, 2.45) is 0 Å². The van der Waals surface area contributed by atoms with Crippen molar-refractivity contribution in [2.45, 2.75) is 52.4 Å². The number of fused-ring (bicyclic) bond motifs is 1. The lowest BCUT2D eigenvalue weighted by Gasteiger charge is -2.45. The summed E-state index contributed by atoms with van der Waals surface area (Å²) < 4.78 is 5.82. The van der Waals surface area contributed by atoms with Crippen molar-refractivity contribution in [3.8, 4) is 0 Å². The second kappa shape index (κ2) is 7.74. The second-order valence-corrected chi connectivity index (χ2v) is 8.55. The fourth-order valence-electron chi connectivity index (χ4n) is 3.65. The summed E-state index contributed by atoms with van der Waals surface area (Å²) in [5, 5.41) is 4.60. The van der Waals surface area contributed by atoms with Crippen LogP contribution in [0.1, 0.15) is 43.7 Å². The van der Waals surface area contributed by atoms with Crippen LogP contribution < -0.4 is 5.32 Å². The van der Waals surface area contributed by atoms with E-state index in [1.165, 1.54) is 0 Å². The molecule has 2 atom stereocenters. The minimum absolute atomic E-state index is 0.107.